The van der Waals surface area contributed by atoms with Crippen molar-refractivity contribution in [2.24, 2.45) is 0 Å². The van der Waals surface area contributed by atoms with Crippen molar-refractivity contribution in [2.75, 3.05) is 0 Å². The van der Waals surface area contributed by atoms with Crippen molar-refractivity contribution in [3.8, 4) is 56.5 Å². The zero-order valence-electron chi connectivity index (χ0n) is 41.0. The van der Waals surface area contributed by atoms with Crippen molar-refractivity contribution < 1.29 is 35.0 Å². The number of phenolic OH excluding ortho intramolecular Hbond substituents is 1. The normalized spacial score (nSPS) is 12.8. The predicted molar refractivity (Wildman–Crippen MR) is 274 cm³/mol. The van der Waals surface area contributed by atoms with Crippen molar-refractivity contribution in [3.63, 3.8) is 0 Å². The number of para-hydroxylation sites is 1. The molecule has 0 aliphatic heterocycles. The predicted octanol–water partition coefficient (Wildman–Crippen LogP) is 16.8. The summed E-state index contributed by atoms with van der Waals surface area (Å²) in [7, 11) is 0. The molecule has 4 aromatic heterocycles. The van der Waals surface area contributed by atoms with Crippen LogP contribution in [-0.2, 0) is 37.3 Å². The van der Waals surface area contributed by atoms with E-state index in [4.69, 9.17) is 18.8 Å². The quantitative estimate of drug-likeness (QED) is 0.161. The minimum Gasteiger partial charge on any atom is -0.507 e. The molecule has 344 valence electrons. The van der Waals surface area contributed by atoms with Gasteiger partial charge in [-0.05, 0) is 115 Å². The number of aromatic nitrogens is 3. The number of fused-ring (bicyclic) bond motifs is 1. The number of imidazole rings is 1. The molecule has 6 aromatic carbocycles. The van der Waals surface area contributed by atoms with Crippen LogP contribution in [0.3, 0.4) is 0 Å². The van der Waals surface area contributed by atoms with Crippen LogP contribution in [0.25, 0.3) is 94.9 Å². The first-order valence-corrected chi connectivity index (χ1v) is 23.4. The molecule has 0 spiro atoms. The number of benzene rings is 6. The number of phenols is 1. The summed E-state index contributed by atoms with van der Waals surface area (Å²) in [4.78, 5) is 11.2. The van der Waals surface area contributed by atoms with E-state index < -0.39 is 0 Å². The number of hydrogen-bond acceptors (Lipinski definition) is 5. The molecule has 0 atom stereocenters. The molecule has 6 nitrogen and oxygen atoms in total. The van der Waals surface area contributed by atoms with Crippen molar-refractivity contribution in [1.29, 1.82) is 0 Å². The van der Waals surface area contributed by atoms with Gasteiger partial charge in [0.05, 0.1) is 44.5 Å². The van der Waals surface area contributed by atoms with Gasteiger partial charge in [-0.25, -0.2) is 4.98 Å². The molecule has 0 saturated heterocycles. The van der Waals surface area contributed by atoms with Crippen LogP contribution in [-0.4, -0.2) is 19.6 Å². The Kier molecular flexibility index (Phi) is 11.3. The summed E-state index contributed by atoms with van der Waals surface area (Å²) in [5.74, 6) is 1.27. The van der Waals surface area contributed by atoms with E-state index in [0.29, 0.717) is 17.0 Å². The maximum Gasteiger partial charge on any atom is 0.149 e. The Morgan fingerprint density at radius 3 is 1.82 bits per heavy atom. The van der Waals surface area contributed by atoms with Crippen molar-refractivity contribution >= 4 is 44.1 Å². The molecule has 0 aliphatic rings. The number of hydrogen-bond donors (Lipinski definition) is 1. The maximum absolute atomic E-state index is 12.7. The molecule has 4 heterocycles. The fraction of sp³-hybridized carbons (Fsp3) is 0.300. The Balaban J connectivity index is 0.00000562. The number of furan rings is 2. The van der Waals surface area contributed by atoms with Crippen LogP contribution in [0.15, 0.2) is 118 Å². The number of nitrogens with zero attached hydrogens (tertiary/aromatic N) is 3. The molecule has 1 N–H and O–H groups in total. The molecular formula is C60H60N3O3Pt-. The van der Waals surface area contributed by atoms with Gasteiger partial charge in [-0.2, -0.15) is 0 Å². The Morgan fingerprint density at radius 2 is 1.19 bits per heavy atom. The van der Waals surface area contributed by atoms with Gasteiger partial charge in [0.15, 0.2) is 0 Å². The van der Waals surface area contributed by atoms with E-state index in [0.717, 1.165) is 83.4 Å². The summed E-state index contributed by atoms with van der Waals surface area (Å²) in [6, 6.07) is 41.9. The first kappa shape index (κ1) is 46.2. The molecular weight excluding hydrogens is 1010 g/mol. The van der Waals surface area contributed by atoms with Gasteiger partial charge in [0, 0.05) is 32.2 Å². The van der Waals surface area contributed by atoms with Crippen LogP contribution in [0.1, 0.15) is 130 Å². The third-order valence-corrected chi connectivity index (χ3v) is 13.4. The summed E-state index contributed by atoms with van der Waals surface area (Å²) in [6.45, 7) is 29.0. The van der Waals surface area contributed by atoms with E-state index in [-0.39, 0.29) is 54.9 Å². The van der Waals surface area contributed by atoms with Gasteiger partial charge in [-0.15, -0.1) is 12.1 Å². The molecule has 0 bridgehead atoms. The van der Waals surface area contributed by atoms with Gasteiger partial charge in [0.25, 0.3) is 0 Å². The molecule has 0 aliphatic carbocycles. The molecule has 7 heteroatoms. The molecule has 10 aromatic rings. The number of rotatable bonds is 7. The van der Waals surface area contributed by atoms with Crippen LogP contribution >= 0.6 is 0 Å². The van der Waals surface area contributed by atoms with Gasteiger partial charge in [-0.3, -0.25) is 9.55 Å². The molecule has 10 rings (SSSR count). The van der Waals surface area contributed by atoms with Crippen molar-refractivity contribution in [3.05, 3.63) is 143 Å². The zero-order valence-corrected chi connectivity index (χ0v) is 43.2. The number of pyridine rings is 1. The van der Waals surface area contributed by atoms with E-state index in [9.17, 15) is 5.11 Å². The average molecular weight is 1070 g/mol. The minimum atomic E-state index is -0.340. The fourth-order valence-corrected chi connectivity index (χ4v) is 9.65. The van der Waals surface area contributed by atoms with E-state index in [1.54, 1.807) is 0 Å². The maximum atomic E-state index is 12.7. The van der Waals surface area contributed by atoms with E-state index in [1.165, 1.54) is 22.3 Å². The standard InChI is InChI=1S/C60H60N3O3.Pt/c1-33(2)41-27-36(35-19-15-14-16-20-35)28-42(34(3)4)54(41)63-47-22-17-21-39(53(47)62-57(63)43-29-37(58(5,6)7)30-44(55(43)64)60(11,12)13)45-31-38(59(8,9)10)32-46(61-45)40-25-26-50-52-51-48(65-50)23-18-24-49(51)66-56(40)52;/h14-24,26-34,64H,1-13H3;/q-1;. The molecule has 67 heavy (non-hydrogen) atoms. The fourth-order valence-electron chi connectivity index (χ4n) is 9.65. The molecule has 0 fully saturated rings. The van der Waals surface area contributed by atoms with Crippen LogP contribution in [0.5, 0.6) is 5.75 Å². The van der Waals surface area contributed by atoms with Gasteiger partial charge < -0.3 is 13.9 Å². The Hall–Kier alpha value is -5.97. The largest absolute Gasteiger partial charge is 0.507 e. The second-order valence-electron chi connectivity index (χ2n) is 22.0. The van der Waals surface area contributed by atoms with Gasteiger partial charge in [0.2, 0.25) is 0 Å². The smallest absolute Gasteiger partial charge is 0.149 e. The average Bonchev–Trinajstić information content (AvgIpc) is 3.97. The van der Waals surface area contributed by atoms with E-state index in [1.807, 2.05) is 24.3 Å². The van der Waals surface area contributed by atoms with E-state index in [2.05, 4.69) is 186 Å². The first-order chi connectivity index (χ1) is 31.2. The second kappa shape index (κ2) is 16.4. The summed E-state index contributed by atoms with van der Waals surface area (Å²) in [5, 5.41) is 14.6. The molecule has 0 amide bonds. The van der Waals surface area contributed by atoms with Gasteiger partial charge in [-0.1, -0.05) is 156 Å². The zero-order chi connectivity index (χ0) is 46.8. The monoisotopic (exact) mass is 1070 g/mol. The SMILES string of the molecule is CC(C)c1cc(-c2ccccc2)cc(C(C)C)c1-n1c(-c2cc(C(C)(C)C)cc(C(C)(C)C)c2O)nc2c(-c3cc(C(C)(C)C)cc(-c4[c-]cc5oc6cccc7oc4c5c67)n3)cccc21.[Pt]. The summed E-state index contributed by atoms with van der Waals surface area (Å²) >= 11 is 0. The third-order valence-electron chi connectivity index (χ3n) is 13.4. The summed E-state index contributed by atoms with van der Waals surface area (Å²) in [5.41, 5.74) is 17.0. The first-order valence-electron chi connectivity index (χ1n) is 23.4. The number of aromatic hydroxyl groups is 1. The molecule has 0 saturated carbocycles. The Bertz CT molecular complexity index is 3460. The minimum absolute atomic E-state index is 0. The van der Waals surface area contributed by atoms with Crippen molar-refractivity contribution in [2.45, 2.75) is 118 Å². The molecule has 0 unspecified atom stereocenters. The van der Waals surface area contributed by atoms with Crippen LogP contribution in [0.2, 0.25) is 0 Å². The van der Waals surface area contributed by atoms with Crippen LogP contribution < -0.4 is 0 Å². The Morgan fingerprint density at radius 1 is 0.582 bits per heavy atom. The Labute approximate surface area is 409 Å². The van der Waals surface area contributed by atoms with Gasteiger partial charge >= 0.3 is 0 Å². The van der Waals surface area contributed by atoms with Crippen LogP contribution in [0.4, 0.5) is 0 Å². The van der Waals surface area contributed by atoms with E-state index >= 15 is 0 Å². The van der Waals surface area contributed by atoms with Crippen molar-refractivity contribution in [1.82, 2.24) is 14.5 Å². The van der Waals surface area contributed by atoms with Gasteiger partial charge in [0.1, 0.15) is 22.7 Å². The summed E-state index contributed by atoms with van der Waals surface area (Å²) in [6.07, 6.45) is 0. The molecule has 0 radical (unpaired) electrons. The second-order valence-corrected chi connectivity index (χ2v) is 22.0. The summed E-state index contributed by atoms with van der Waals surface area (Å²) < 4.78 is 15.2. The third kappa shape index (κ3) is 7.80. The topological polar surface area (TPSA) is 77.2 Å². The van der Waals surface area contributed by atoms with Crippen LogP contribution in [0, 0.1) is 6.07 Å².